The zero-order valence-electron chi connectivity index (χ0n) is 14.2. The van der Waals surface area contributed by atoms with Crippen molar-refractivity contribution in [2.45, 2.75) is 12.5 Å². The number of carbonyl (C=O) groups is 2. The smallest absolute Gasteiger partial charge is 0.265 e. The van der Waals surface area contributed by atoms with Crippen molar-refractivity contribution in [3.8, 4) is 0 Å². The quantitative estimate of drug-likeness (QED) is 0.497. The lowest BCUT2D eigenvalue weighted by Crippen LogP contribution is -2.45. The predicted molar refractivity (Wildman–Crippen MR) is 103 cm³/mol. The van der Waals surface area contributed by atoms with Crippen molar-refractivity contribution < 1.29 is 14.0 Å². The molecule has 5 nitrogen and oxygen atoms in total. The second-order valence-electron chi connectivity index (χ2n) is 6.09. The summed E-state index contributed by atoms with van der Waals surface area (Å²) in [4.78, 5) is 31.6. The Morgan fingerprint density at radius 2 is 1.93 bits per heavy atom. The molecule has 0 unspecified atom stereocenters. The van der Waals surface area contributed by atoms with Crippen LogP contribution in [0.3, 0.4) is 0 Å². The summed E-state index contributed by atoms with van der Waals surface area (Å²) in [5.74, 6) is -0.684. The van der Waals surface area contributed by atoms with Crippen LogP contribution in [-0.4, -0.2) is 18.0 Å². The van der Waals surface area contributed by atoms with Gasteiger partial charge in [-0.1, -0.05) is 35.9 Å². The van der Waals surface area contributed by atoms with E-state index in [-0.39, 0.29) is 11.8 Å². The van der Waals surface area contributed by atoms with Crippen molar-refractivity contribution in [3.63, 3.8) is 0 Å². The lowest BCUT2D eigenvalue weighted by atomic mass is 9.89. The van der Waals surface area contributed by atoms with Crippen LogP contribution in [0.4, 0.5) is 5.69 Å². The number of fused-ring (bicyclic) bond motifs is 1. The molecular weight excluding hydrogens is 364 g/mol. The van der Waals surface area contributed by atoms with Crippen molar-refractivity contribution in [1.29, 1.82) is 0 Å². The fourth-order valence-electron chi connectivity index (χ4n) is 3.11. The molecule has 2 amide bonds. The van der Waals surface area contributed by atoms with E-state index in [1.54, 1.807) is 61.0 Å². The Morgan fingerprint density at radius 1 is 1.07 bits per heavy atom. The monoisotopic (exact) mass is 378 g/mol. The third-order valence-corrected chi connectivity index (χ3v) is 4.60. The van der Waals surface area contributed by atoms with E-state index in [4.69, 9.17) is 16.0 Å². The standard InChI is InChI=1S/C21H15ClN2O3/c22-14-5-3-6-15(11-14)24-20(25)18-9-2-1-8-17(18)19(21(24)26)13-23-12-16-7-4-10-27-16/h1-11,13,19H,12H2/t19-/m0/s1. The van der Waals surface area contributed by atoms with Crippen LogP contribution >= 0.6 is 11.6 Å². The van der Waals surface area contributed by atoms with Crippen molar-refractivity contribution in [2.75, 3.05) is 4.90 Å². The average molecular weight is 379 g/mol. The predicted octanol–water partition coefficient (Wildman–Crippen LogP) is 4.47. The third-order valence-electron chi connectivity index (χ3n) is 4.36. The van der Waals surface area contributed by atoms with E-state index in [0.29, 0.717) is 34.1 Å². The largest absolute Gasteiger partial charge is 0.467 e. The molecule has 1 aliphatic heterocycles. The van der Waals surface area contributed by atoms with E-state index in [1.165, 1.54) is 0 Å². The second kappa shape index (κ2) is 7.21. The molecule has 0 saturated heterocycles. The van der Waals surface area contributed by atoms with Gasteiger partial charge in [-0.2, -0.15) is 0 Å². The Hall–Kier alpha value is -3.18. The Kier molecular flexibility index (Phi) is 4.60. The highest BCUT2D eigenvalue weighted by Crippen LogP contribution is 2.32. The van der Waals surface area contributed by atoms with Crippen LogP contribution in [0.15, 0.2) is 76.3 Å². The van der Waals surface area contributed by atoms with Crippen LogP contribution in [0.25, 0.3) is 0 Å². The SMILES string of the molecule is O=C1c2ccccc2[C@H](C=NCc2ccco2)C(=O)N1c1cccc(Cl)c1. The molecule has 0 spiro atoms. The minimum atomic E-state index is -0.659. The fraction of sp³-hybridized carbons (Fsp3) is 0.0952. The summed E-state index contributed by atoms with van der Waals surface area (Å²) in [5.41, 5.74) is 1.57. The molecule has 6 heteroatoms. The summed E-state index contributed by atoms with van der Waals surface area (Å²) >= 11 is 6.05. The van der Waals surface area contributed by atoms with E-state index in [0.717, 1.165) is 4.90 Å². The molecule has 0 radical (unpaired) electrons. The van der Waals surface area contributed by atoms with Gasteiger partial charge < -0.3 is 4.42 Å². The number of anilines is 1. The van der Waals surface area contributed by atoms with Gasteiger partial charge in [-0.3, -0.25) is 14.6 Å². The molecule has 0 fully saturated rings. The number of furan rings is 1. The van der Waals surface area contributed by atoms with Crippen LogP contribution in [0.1, 0.15) is 27.6 Å². The Morgan fingerprint density at radius 3 is 2.70 bits per heavy atom. The van der Waals surface area contributed by atoms with Gasteiger partial charge >= 0.3 is 0 Å². The summed E-state index contributed by atoms with van der Waals surface area (Å²) in [5, 5.41) is 0.454. The lowest BCUT2D eigenvalue weighted by Gasteiger charge is -2.31. The van der Waals surface area contributed by atoms with Gasteiger partial charge in [-0.25, -0.2) is 4.90 Å². The summed E-state index contributed by atoms with van der Waals surface area (Å²) in [6, 6.07) is 17.4. The van der Waals surface area contributed by atoms with Gasteiger partial charge in [-0.05, 0) is 42.0 Å². The number of aliphatic imine (C=N–C) groups is 1. The molecule has 3 aromatic rings. The molecule has 0 bridgehead atoms. The first-order valence-electron chi connectivity index (χ1n) is 8.40. The first-order valence-corrected chi connectivity index (χ1v) is 8.78. The van der Waals surface area contributed by atoms with E-state index in [9.17, 15) is 9.59 Å². The number of imide groups is 1. The maximum Gasteiger partial charge on any atom is 0.265 e. The number of benzene rings is 2. The number of nitrogens with zero attached hydrogens (tertiary/aromatic N) is 2. The summed E-state index contributed by atoms with van der Waals surface area (Å²) in [7, 11) is 0. The molecule has 0 aliphatic carbocycles. The average Bonchev–Trinajstić information content (AvgIpc) is 3.18. The van der Waals surface area contributed by atoms with Gasteiger partial charge in [-0.15, -0.1) is 0 Å². The van der Waals surface area contributed by atoms with Gasteiger partial charge in [0.2, 0.25) is 5.91 Å². The van der Waals surface area contributed by atoms with Crippen LogP contribution < -0.4 is 4.90 Å². The number of hydrogen-bond acceptors (Lipinski definition) is 4. The Bertz CT molecular complexity index is 1030. The van der Waals surface area contributed by atoms with Crippen molar-refractivity contribution in [3.05, 3.63) is 88.8 Å². The minimum absolute atomic E-state index is 0.323. The Labute approximate surface area is 160 Å². The van der Waals surface area contributed by atoms with E-state index >= 15 is 0 Å². The van der Waals surface area contributed by atoms with Gasteiger partial charge in [0.25, 0.3) is 5.91 Å². The first kappa shape index (κ1) is 17.2. The summed E-state index contributed by atoms with van der Waals surface area (Å²) < 4.78 is 5.26. The van der Waals surface area contributed by atoms with Gasteiger partial charge in [0.1, 0.15) is 5.76 Å². The number of halogens is 1. The highest BCUT2D eigenvalue weighted by atomic mass is 35.5. The molecular formula is C21H15ClN2O3. The minimum Gasteiger partial charge on any atom is -0.467 e. The second-order valence-corrected chi connectivity index (χ2v) is 6.53. The number of hydrogen-bond donors (Lipinski definition) is 0. The van der Waals surface area contributed by atoms with Crippen LogP contribution in [0.2, 0.25) is 5.02 Å². The molecule has 1 atom stereocenters. The molecule has 0 N–H and O–H groups in total. The normalized spacial score (nSPS) is 16.8. The van der Waals surface area contributed by atoms with Gasteiger partial charge in [0, 0.05) is 16.8 Å². The van der Waals surface area contributed by atoms with E-state index in [2.05, 4.69) is 4.99 Å². The fourth-order valence-corrected chi connectivity index (χ4v) is 3.29. The molecule has 1 aliphatic rings. The maximum absolute atomic E-state index is 13.2. The topological polar surface area (TPSA) is 62.9 Å². The molecule has 2 aromatic carbocycles. The zero-order valence-corrected chi connectivity index (χ0v) is 15.0. The van der Waals surface area contributed by atoms with Crippen LogP contribution in [0, 0.1) is 0 Å². The molecule has 2 heterocycles. The molecule has 4 rings (SSSR count). The number of amides is 2. The van der Waals surface area contributed by atoms with Crippen molar-refractivity contribution in [2.24, 2.45) is 4.99 Å². The van der Waals surface area contributed by atoms with Gasteiger partial charge in [0.15, 0.2) is 0 Å². The highest BCUT2D eigenvalue weighted by Gasteiger charge is 2.38. The number of rotatable bonds is 4. The highest BCUT2D eigenvalue weighted by molar-refractivity contribution is 6.32. The molecule has 0 saturated carbocycles. The summed E-state index contributed by atoms with van der Waals surface area (Å²) in [6.07, 6.45) is 3.15. The Balaban J connectivity index is 1.73. The van der Waals surface area contributed by atoms with E-state index < -0.39 is 5.92 Å². The van der Waals surface area contributed by atoms with Crippen LogP contribution in [-0.2, 0) is 11.3 Å². The lowest BCUT2D eigenvalue weighted by molar-refractivity contribution is -0.118. The van der Waals surface area contributed by atoms with Crippen molar-refractivity contribution >= 4 is 35.3 Å². The first-order chi connectivity index (χ1) is 13.1. The molecule has 134 valence electrons. The molecule has 27 heavy (non-hydrogen) atoms. The number of carbonyl (C=O) groups excluding carboxylic acids is 2. The van der Waals surface area contributed by atoms with Gasteiger partial charge in [0.05, 0.1) is 24.4 Å². The molecule has 1 aromatic heterocycles. The zero-order chi connectivity index (χ0) is 18.8. The van der Waals surface area contributed by atoms with E-state index in [1.807, 2.05) is 12.1 Å². The maximum atomic E-state index is 13.2. The van der Waals surface area contributed by atoms with Crippen LogP contribution in [0.5, 0.6) is 0 Å². The van der Waals surface area contributed by atoms with Crippen molar-refractivity contribution in [1.82, 2.24) is 0 Å². The summed E-state index contributed by atoms with van der Waals surface area (Å²) in [6.45, 7) is 0.323. The third kappa shape index (κ3) is 3.29.